The molecule has 0 spiro atoms. The van der Waals surface area contributed by atoms with Crippen LogP contribution in [0.2, 0.25) is 5.02 Å². The smallest absolute Gasteiger partial charge is 0.404 e. The van der Waals surface area contributed by atoms with Crippen molar-refractivity contribution in [3.63, 3.8) is 0 Å². The van der Waals surface area contributed by atoms with E-state index in [9.17, 15) is 13.2 Å². The van der Waals surface area contributed by atoms with Gasteiger partial charge in [-0.15, -0.1) is 0 Å². The van der Waals surface area contributed by atoms with Crippen LogP contribution in [0.1, 0.15) is 12.3 Å². The largest absolute Gasteiger partial charge is 0.440 e. The van der Waals surface area contributed by atoms with Gasteiger partial charge in [0, 0.05) is 17.6 Å². The summed E-state index contributed by atoms with van der Waals surface area (Å²) in [6, 6.07) is 4.60. The number of oxazole rings is 1. The number of benzene rings is 1. The number of aromatic nitrogens is 1. The van der Waals surface area contributed by atoms with Crippen LogP contribution in [0, 0.1) is 0 Å². The molecule has 19 heavy (non-hydrogen) atoms. The fourth-order valence-corrected chi connectivity index (χ4v) is 2.50. The number of halogens is 4. The molecule has 1 aromatic heterocycles. The lowest BCUT2D eigenvalue weighted by atomic mass is 9.86. The third-order valence-corrected chi connectivity index (χ3v) is 3.69. The number of rotatable bonds is 1. The molecular formula is C12H10ClF3N2O. The number of hydrogen-bond donors (Lipinski definition) is 1. The van der Waals surface area contributed by atoms with Crippen LogP contribution in [-0.2, 0) is 5.41 Å². The number of nitrogens with one attached hydrogen (secondary N) is 1. The van der Waals surface area contributed by atoms with Crippen LogP contribution in [0.5, 0.6) is 0 Å². The van der Waals surface area contributed by atoms with Gasteiger partial charge in [-0.3, -0.25) is 0 Å². The molecule has 1 fully saturated rings. The first-order chi connectivity index (χ1) is 8.92. The van der Waals surface area contributed by atoms with E-state index in [1.807, 2.05) is 0 Å². The van der Waals surface area contributed by atoms with E-state index in [1.165, 1.54) is 6.07 Å². The van der Waals surface area contributed by atoms with Crippen LogP contribution in [-0.4, -0.2) is 24.2 Å². The van der Waals surface area contributed by atoms with Gasteiger partial charge >= 0.3 is 6.18 Å². The topological polar surface area (TPSA) is 38.1 Å². The average molecular weight is 291 g/mol. The highest BCUT2D eigenvalue weighted by atomic mass is 35.5. The summed E-state index contributed by atoms with van der Waals surface area (Å²) in [4.78, 5) is 3.99. The predicted molar refractivity (Wildman–Crippen MR) is 64.2 cm³/mol. The Kier molecular flexibility index (Phi) is 2.76. The highest BCUT2D eigenvalue weighted by Gasteiger charge is 2.60. The summed E-state index contributed by atoms with van der Waals surface area (Å²) < 4.78 is 45.3. The van der Waals surface area contributed by atoms with Gasteiger partial charge in [-0.05, 0) is 25.1 Å². The van der Waals surface area contributed by atoms with E-state index in [0.29, 0.717) is 17.1 Å². The fraction of sp³-hybridized carbons (Fsp3) is 0.417. The first-order valence-corrected chi connectivity index (χ1v) is 6.14. The van der Waals surface area contributed by atoms with Crippen LogP contribution < -0.4 is 5.32 Å². The summed E-state index contributed by atoms with van der Waals surface area (Å²) in [6.07, 6.45) is -4.47. The molecule has 0 aliphatic carbocycles. The molecule has 0 radical (unpaired) electrons. The lowest BCUT2D eigenvalue weighted by Gasteiger charge is -2.27. The Bertz CT molecular complexity index is 617. The van der Waals surface area contributed by atoms with Crippen molar-refractivity contribution in [2.75, 3.05) is 13.1 Å². The zero-order chi connectivity index (χ0) is 13.7. The van der Waals surface area contributed by atoms with Gasteiger partial charge in [-0.25, -0.2) is 4.98 Å². The third kappa shape index (κ3) is 1.90. The Morgan fingerprint density at radius 1 is 1.37 bits per heavy atom. The van der Waals surface area contributed by atoms with Gasteiger partial charge in [0.15, 0.2) is 11.0 Å². The lowest BCUT2D eigenvalue weighted by Crippen LogP contribution is -2.44. The lowest BCUT2D eigenvalue weighted by molar-refractivity contribution is -0.190. The van der Waals surface area contributed by atoms with Crippen molar-refractivity contribution in [1.82, 2.24) is 10.3 Å². The second-order valence-electron chi connectivity index (χ2n) is 4.64. The van der Waals surface area contributed by atoms with Crippen molar-refractivity contribution >= 4 is 22.7 Å². The van der Waals surface area contributed by atoms with Gasteiger partial charge in [0.05, 0.1) is 0 Å². The van der Waals surface area contributed by atoms with E-state index < -0.39 is 11.6 Å². The minimum Gasteiger partial charge on any atom is -0.440 e. The molecule has 1 saturated heterocycles. The van der Waals surface area contributed by atoms with Gasteiger partial charge in [-0.2, -0.15) is 13.2 Å². The van der Waals surface area contributed by atoms with Gasteiger partial charge in [0.2, 0.25) is 5.89 Å². The van der Waals surface area contributed by atoms with Crippen LogP contribution in [0.4, 0.5) is 13.2 Å². The molecule has 1 aliphatic rings. The third-order valence-electron chi connectivity index (χ3n) is 3.46. The van der Waals surface area contributed by atoms with Crippen molar-refractivity contribution in [2.24, 2.45) is 0 Å². The summed E-state index contributed by atoms with van der Waals surface area (Å²) in [5.74, 6) is -0.290. The Balaban J connectivity index is 2.16. The summed E-state index contributed by atoms with van der Waals surface area (Å²) >= 11 is 5.79. The maximum Gasteiger partial charge on any atom is 0.404 e. The maximum absolute atomic E-state index is 13.3. The minimum atomic E-state index is -4.40. The number of fused-ring (bicyclic) bond motifs is 1. The van der Waals surface area contributed by atoms with Crippen LogP contribution >= 0.6 is 11.6 Å². The molecule has 1 aromatic carbocycles. The Morgan fingerprint density at radius 3 is 2.79 bits per heavy atom. The Hall–Kier alpha value is -1.27. The molecule has 1 N–H and O–H groups in total. The normalized spacial score (nSPS) is 24.2. The summed E-state index contributed by atoms with van der Waals surface area (Å²) in [6.45, 7) is 0.0794. The summed E-state index contributed by atoms with van der Waals surface area (Å²) in [5.41, 5.74) is -1.38. The molecule has 7 heteroatoms. The summed E-state index contributed by atoms with van der Waals surface area (Å²) in [7, 11) is 0. The van der Waals surface area contributed by atoms with Crippen molar-refractivity contribution < 1.29 is 17.6 Å². The standard InChI is InChI=1S/C12H10ClF3N2O/c13-7-1-2-8-9(5-7)19-10(18-8)11(12(14,15)16)3-4-17-6-11/h1-2,5,17H,3-4,6H2. The van der Waals surface area contributed by atoms with Crippen molar-refractivity contribution in [2.45, 2.75) is 18.0 Å². The Labute approximate surface area is 111 Å². The van der Waals surface area contributed by atoms with Gasteiger partial charge in [0.25, 0.3) is 0 Å². The number of hydrogen-bond acceptors (Lipinski definition) is 3. The average Bonchev–Trinajstić information content (AvgIpc) is 2.93. The highest BCUT2D eigenvalue weighted by Crippen LogP contribution is 2.45. The second kappa shape index (κ2) is 4.11. The molecule has 0 bridgehead atoms. The van der Waals surface area contributed by atoms with E-state index in [4.69, 9.17) is 16.0 Å². The van der Waals surface area contributed by atoms with Crippen LogP contribution in [0.15, 0.2) is 22.6 Å². The molecule has 1 unspecified atom stereocenters. The molecule has 3 nitrogen and oxygen atoms in total. The van der Waals surface area contributed by atoms with Crippen LogP contribution in [0.25, 0.3) is 11.1 Å². The van der Waals surface area contributed by atoms with E-state index in [0.717, 1.165) is 0 Å². The highest BCUT2D eigenvalue weighted by molar-refractivity contribution is 6.31. The molecule has 1 atom stereocenters. The van der Waals surface area contributed by atoms with E-state index >= 15 is 0 Å². The Morgan fingerprint density at radius 2 is 2.16 bits per heavy atom. The molecule has 0 saturated carbocycles. The zero-order valence-electron chi connectivity index (χ0n) is 9.72. The van der Waals surface area contributed by atoms with Gasteiger partial charge < -0.3 is 9.73 Å². The van der Waals surface area contributed by atoms with Crippen molar-refractivity contribution in [3.05, 3.63) is 29.1 Å². The van der Waals surface area contributed by atoms with Gasteiger partial charge in [0.1, 0.15) is 5.52 Å². The van der Waals surface area contributed by atoms with E-state index in [2.05, 4.69) is 10.3 Å². The van der Waals surface area contributed by atoms with Gasteiger partial charge in [-0.1, -0.05) is 11.6 Å². The number of nitrogens with zero attached hydrogens (tertiary/aromatic N) is 1. The second-order valence-corrected chi connectivity index (χ2v) is 5.07. The van der Waals surface area contributed by atoms with Crippen molar-refractivity contribution in [3.8, 4) is 0 Å². The molecule has 0 amide bonds. The van der Waals surface area contributed by atoms with E-state index in [-0.39, 0.29) is 24.4 Å². The number of alkyl halides is 3. The van der Waals surface area contributed by atoms with E-state index in [1.54, 1.807) is 12.1 Å². The fourth-order valence-electron chi connectivity index (χ4n) is 2.34. The minimum absolute atomic E-state index is 0.0724. The molecule has 102 valence electrons. The quantitative estimate of drug-likeness (QED) is 0.876. The monoisotopic (exact) mass is 290 g/mol. The molecule has 3 rings (SSSR count). The molecular weight excluding hydrogens is 281 g/mol. The first-order valence-electron chi connectivity index (χ1n) is 5.76. The predicted octanol–water partition coefficient (Wildman–Crippen LogP) is 3.27. The summed E-state index contributed by atoms with van der Waals surface area (Å²) in [5, 5.41) is 3.13. The first kappa shape index (κ1) is 12.7. The maximum atomic E-state index is 13.3. The molecule has 2 heterocycles. The molecule has 2 aromatic rings. The zero-order valence-corrected chi connectivity index (χ0v) is 10.5. The van der Waals surface area contributed by atoms with Crippen LogP contribution in [0.3, 0.4) is 0 Å². The SMILES string of the molecule is FC(F)(F)C1(c2nc3ccc(Cl)cc3o2)CCNC1. The molecule has 1 aliphatic heterocycles. The van der Waals surface area contributed by atoms with Crippen molar-refractivity contribution in [1.29, 1.82) is 0 Å².